The van der Waals surface area contributed by atoms with E-state index in [1.165, 1.54) is 5.01 Å². The summed E-state index contributed by atoms with van der Waals surface area (Å²) in [5.41, 5.74) is 2.78. The third kappa shape index (κ3) is 2.57. The number of para-hydroxylation sites is 3. The van der Waals surface area contributed by atoms with E-state index in [4.69, 9.17) is 0 Å². The Balaban J connectivity index is 1.74. The van der Waals surface area contributed by atoms with E-state index in [-0.39, 0.29) is 11.9 Å². The molecule has 1 aliphatic rings. The van der Waals surface area contributed by atoms with Crippen molar-refractivity contribution in [3.05, 3.63) is 71.2 Å². The minimum absolute atomic E-state index is 0.101. The van der Waals surface area contributed by atoms with Crippen LogP contribution in [-0.2, 0) is 0 Å². The lowest BCUT2D eigenvalue weighted by atomic mass is 10.2. The molecule has 1 atom stereocenters. The summed E-state index contributed by atoms with van der Waals surface area (Å²) >= 11 is 1.73. The second-order valence-electron chi connectivity index (χ2n) is 5.91. The van der Waals surface area contributed by atoms with Gasteiger partial charge in [-0.15, -0.1) is 0 Å². The van der Waals surface area contributed by atoms with Crippen LogP contribution in [0.25, 0.3) is 5.69 Å². The number of fused-ring (bicyclic) bond motifs is 3. The number of rotatable bonds is 1. The van der Waals surface area contributed by atoms with Crippen molar-refractivity contribution in [2.45, 2.75) is 12.8 Å². The molecule has 0 fully saturated rings. The number of nitrogens with zero attached hydrogens (tertiary/aromatic N) is 2. The molecule has 4 rings (SSSR count). The smallest absolute Gasteiger partial charge is 0.308 e. The molecule has 3 aromatic rings. The van der Waals surface area contributed by atoms with Gasteiger partial charge in [0.15, 0.2) is 6.20 Å². The lowest BCUT2D eigenvalue weighted by molar-refractivity contribution is -0.598. The van der Waals surface area contributed by atoms with E-state index in [0.717, 1.165) is 17.1 Å². The molecule has 2 aromatic carbocycles. The SMILES string of the molecule is C[C@@H]1CN(C(=O)Nc2ccccc2)c2ccccc2-[n+]2ccsc21. The molecule has 1 N–H and O–H groups in total. The van der Waals surface area contributed by atoms with Crippen LogP contribution in [0.1, 0.15) is 17.8 Å². The van der Waals surface area contributed by atoms with Crippen molar-refractivity contribution in [1.82, 2.24) is 0 Å². The maximum atomic E-state index is 12.9. The highest BCUT2D eigenvalue weighted by Gasteiger charge is 2.34. The summed E-state index contributed by atoms with van der Waals surface area (Å²) in [6.07, 6.45) is 2.08. The Morgan fingerprint density at radius 1 is 1.17 bits per heavy atom. The van der Waals surface area contributed by atoms with E-state index in [0.29, 0.717) is 6.54 Å². The minimum atomic E-state index is -0.101. The Labute approximate surface area is 145 Å². The molecule has 0 saturated heterocycles. The maximum absolute atomic E-state index is 12.9. The van der Waals surface area contributed by atoms with Gasteiger partial charge in [0, 0.05) is 18.3 Å². The van der Waals surface area contributed by atoms with Crippen LogP contribution in [0, 0.1) is 0 Å². The second-order valence-corrected chi connectivity index (χ2v) is 6.83. The van der Waals surface area contributed by atoms with Gasteiger partial charge in [-0.05, 0) is 25.1 Å². The van der Waals surface area contributed by atoms with E-state index in [1.54, 1.807) is 11.3 Å². The molecule has 0 aliphatic carbocycles. The summed E-state index contributed by atoms with van der Waals surface area (Å²) in [5.74, 6) is 0.263. The Hall–Kier alpha value is -2.66. The van der Waals surface area contributed by atoms with Gasteiger partial charge in [-0.3, -0.25) is 4.90 Å². The first-order valence-corrected chi connectivity index (χ1v) is 8.84. The number of urea groups is 1. The van der Waals surface area contributed by atoms with Gasteiger partial charge in [0.1, 0.15) is 5.69 Å². The highest BCUT2D eigenvalue weighted by Crippen LogP contribution is 2.31. The number of anilines is 2. The van der Waals surface area contributed by atoms with E-state index < -0.39 is 0 Å². The second kappa shape index (κ2) is 6.09. The largest absolute Gasteiger partial charge is 0.326 e. The molecular formula is C19H18N3OS+. The summed E-state index contributed by atoms with van der Waals surface area (Å²) in [6.45, 7) is 2.81. The molecule has 2 amide bonds. The number of hydrogen-bond donors (Lipinski definition) is 1. The molecule has 4 nitrogen and oxygen atoms in total. The third-order valence-corrected chi connectivity index (χ3v) is 5.31. The molecule has 0 radical (unpaired) electrons. The van der Waals surface area contributed by atoms with Crippen LogP contribution in [0.5, 0.6) is 0 Å². The third-order valence-electron chi connectivity index (χ3n) is 4.22. The summed E-state index contributed by atoms with van der Waals surface area (Å²) in [6, 6.07) is 17.5. The molecule has 120 valence electrons. The number of benzene rings is 2. The Morgan fingerprint density at radius 3 is 2.75 bits per heavy atom. The number of aromatic nitrogens is 1. The lowest BCUT2D eigenvalue weighted by Gasteiger charge is -2.22. The molecule has 0 bridgehead atoms. The molecule has 5 heteroatoms. The van der Waals surface area contributed by atoms with Crippen LogP contribution in [-0.4, -0.2) is 12.6 Å². The first-order chi connectivity index (χ1) is 11.7. The minimum Gasteiger partial charge on any atom is -0.308 e. The quantitative estimate of drug-likeness (QED) is 0.665. The number of amides is 2. The summed E-state index contributed by atoms with van der Waals surface area (Å²) < 4.78 is 2.19. The van der Waals surface area contributed by atoms with Crippen LogP contribution in [0.4, 0.5) is 16.2 Å². The first kappa shape index (κ1) is 14.9. The Morgan fingerprint density at radius 2 is 1.92 bits per heavy atom. The fourth-order valence-electron chi connectivity index (χ4n) is 3.10. The fraction of sp³-hybridized carbons (Fsp3) is 0.158. The van der Waals surface area contributed by atoms with Gasteiger partial charge >= 0.3 is 6.03 Å². The standard InChI is InChI=1S/C19H17N3OS/c1-14-13-22(19(23)20-15-7-3-2-4-8-15)17-10-6-5-9-16(17)21-11-12-24-18(14)21/h2-12,14H,13H2,1H3/p+1/t14-/m1/s1. The summed E-state index contributed by atoms with van der Waals surface area (Å²) in [4.78, 5) is 14.8. The van der Waals surface area contributed by atoms with Gasteiger partial charge in [0.05, 0.1) is 11.3 Å². The van der Waals surface area contributed by atoms with Gasteiger partial charge in [-0.2, -0.15) is 4.57 Å². The number of carbonyl (C=O) groups is 1. The van der Waals surface area contributed by atoms with Crippen molar-refractivity contribution < 1.29 is 9.36 Å². The average Bonchev–Trinajstić information content (AvgIpc) is 3.06. The van der Waals surface area contributed by atoms with Crippen LogP contribution < -0.4 is 14.8 Å². The van der Waals surface area contributed by atoms with Crippen molar-refractivity contribution in [3.63, 3.8) is 0 Å². The summed E-state index contributed by atoms with van der Waals surface area (Å²) in [7, 11) is 0. The van der Waals surface area contributed by atoms with Crippen molar-refractivity contribution in [1.29, 1.82) is 0 Å². The molecular weight excluding hydrogens is 318 g/mol. The highest BCUT2D eigenvalue weighted by molar-refractivity contribution is 7.09. The van der Waals surface area contributed by atoms with E-state index in [1.807, 2.05) is 53.4 Å². The van der Waals surface area contributed by atoms with Gasteiger partial charge in [0.25, 0.3) is 0 Å². The maximum Gasteiger partial charge on any atom is 0.326 e. The van der Waals surface area contributed by atoms with Gasteiger partial charge < -0.3 is 5.32 Å². The molecule has 0 spiro atoms. The topological polar surface area (TPSA) is 36.2 Å². The van der Waals surface area contributed by atoms with Crippen LogP contribution >= 0.6 is 11.3 Å². The lowest BCUT2D eigenvalue weighted by Crippen LogP contribution is -2.37. The normalized spacial score (nSPS) is 16.0. The fourth-order valence-corrected chi connectivity index (χ4v) is 4.00. The van der Waals surface area contributed by atoms with Crippen LogP contribution in [0.2, 0.25) is 0 Å². The molecule has 0 saturated carbocycles. The van der Waals surface area contributed by atoms with Crippen LogP contribution in [0.15, 0.2) is 66.2 Å². The summed E-state index contributed by atoms with van der Waals surface area (Å²) in [5, 5.41) is 6.36. The van der Waals surface area contributed by atoms with Crippen LogP contribution in [0.3, 0.4) is 0 Å². The Kier molecular flexibility index (Phi) is 3.78. The van der Waals surface area contributed by atoms with Crippen molar-refractivity contribution in [2.24, 2.45) is 0 Å². The average molecular weight is 336 g/mol. The van der Waals surface area contributed by atoms with E-state index >= 15 is 0 Å². The molecule has 0 unspecified atom stereocenters. The zero-order valence-electron chi connectivity index (χ0n) is 13.3. The molecule has 2 heterocycles. The van der Waals surface area contributed by atoms with E-state index in [2.05, 4.69) is 34.5 Å². The Bertz CT molecular complexity index is 875. The first-order valence-electron chi connectivity index (χ1n) is 7.96. The van der Waals surface area contributed by atoms with Gasteiger partial charge in [-0.25, -0.2) is 4.79 Å². The van der Waals surface area contributed by atoms with Crippen molar-refractivity contribution in [2.75, 3.05) is 16.8 Å². The predicted octanol–water partition coefficient (Wildman–Crippen LogP) is 4.18. The number of hydrogen-bond acceptors (Lipinski definition) is 2. The zero-order valence-corrected chi connectivity index (χ0v) is 14.2. The predicted molar refractivity (Wildman–Crippen MR) is 97.1 cm³/mol. The van der Waals surface area contributed by atoms with Gasteiger partial charge in [0.2, 0.25) is 10.7 Å². The zero-order chi connectivity index (χ0) is 16.5. The number of carbonyl (C=O) groups excluding carboxylic acids is 1. The monoisotopic (exact) mass is 336 g/mol. The molecule has 1 aromatic heterocycles. The molecule has 24 heavy (non-hydrogen) atoms. The van der Waals surface area contributed by atoms with Gasteiger partial charge in [-0.1, -0.05) is 41.7 Å². The molecule has 1 aliphatic heterocycles. The van der Waals surface area contributed by atoms with E-state index in [9.17, 15) is 4.79 Å². The van der Waals surface area contributed by atoms with Crippen molar-refractivity contribution >= 4 is 28.7 Å². The van der Waals surface area contributed by atoms with Crippen molar-refractivity contribution in [3.8, 4) is 5.69 Å². The highest BCUT2D eigenvalue weighted by atomic mass is 32.1. The number of thiazole rings is 1. The number of nitrogens with one attached hydrogen (secondary N) is 1.